The maximum atomic E-state index is 11.8. The van der Waals surface area contributed by atoms with Gasteiger partial charge in [-0.15, -0.1) is 0 Å². The van der Waals surface area contributed by atoms with E-state index < -0.39 is 0 Å². The van der Waals surface area contributed by atoms with Gasteiger partial charge in [0.25, 0.3) is 5.56 Å². The van der Waals surface area contributed by atoms with E-state index >= 15 is 0 Å². The maximum Gasteiger partial charge on any atom is 0.264 e. The summed E-state index contributed by atoms with van der Waals surface area (Å²) in [6.07, 6.45) is 0. The van der Waals surface area contributed by atoms with E-state index in [-0.39, 0.29) is 5.56 Å². The Labute approximate surface area is 134 Å². The Hall–Kier alpha value is -1.28. The molecule has 0 aliphatic rings. The Kier molecular flexibility index (Phi) is 4.54. The van der Waals surface area contributed by atoms with Crippen molar-refractivity contribution in [3.05, 3.63) is 36.8 Å². The van der Waals surface area contributed by atoms with E-state index in [9.17, 15) is 4.79 Å². The molecule has 0 fully saturated rings. The van der Waals surface area contributed by atoms with Crippen LogP contribution in [0.15, 0.2) is 16.9 Å². The molecular formula is C13H12ClIN2O3. The quantitative estimate of drug-likeness (QED) is 0.796. The largest absolute Gasteiger partial charge is 0.493 e. The van der Waals surface area contributed by atoms with E-state index in [1.807, 2.05) is 22.6 Å². The van der Waals surface area contributed by atoms with Gasteiger partial charge in [-0.3, -0.25) is 4.79 Å². The molecule has 5 nitrogen and oxygen atoms in total. The number of nitrogens with zero attached hydrogens (tertiary/aromatic N) is 1. The normalized spacial score (nSPS) is 10.4. The van der Waals surface area contributed by atoms with Gasteiger partial charge in [-0.05, 0) is 41.6 Å². The number of hydrogen-bond donors (Lipinski definition) is 1. The van der Waals surface area contributed by atoms with Crippen LogP contribution >= 0.6 is 34.2 Å². The first-order valence-corrected chi connectivity index (χ1v) is 7.12. The molecule has 0 unspecified atom stereocenters. The van der Waals surface area contributed by atoms with Gasteiger partial charge in [0.05, 0.1) is 28.5 Å². The van der Waals surface area contributed by atoms with Crippen molar-refractivity contribution in [2.45, 2.75) is 6.92 Å². The zero-order valence-electron chi connectivity index (χ0n) is 11.1. The summed E-state index contributed by atoms with van der Waals surface area (Å²) in [5.41, 5.74) is 1.14. The van der Waals surface area contributed by atoms with Crippen molar-refractivity contribution in [1.82, 2.24) is 9.97 Å². The molecule has 20 heavy (non-hydrogen) atoms. The van der Waals surface area contributed by atoms with Crippen LogP contribution in [-0.2, 0) is 0 Å². The standard InChI is InChI=1S/C13H12ClIN2O3/c1-6-10(15)13(18)17-12(16-6)7-4-8(14)11(20-3)9(5-7)19-2/h4-5H,1-3H3,(H,16,17,18). The van der Waals surface area contributed by atoms with E-state index in [2.05, 4.69) is 9.97 Å². The van der Waals surface area contributed by atoms with Crippen LogP contribution in [-0.4, -0.2) is 24.2 Å². The zero-order chi connectivity index (χ0) is 14.9. The molecule has 106 valence electrons. The number of aromatic amines is 1. The molecule has 0 saturated carbocycles. The lowest BCUT2D eigenvalue weighted by Gasteiger charge is -2.11. The highest BCUT2D eigenvalue weighted by molar-refractivity contribution is 14.1. The van der Waals surface area contributed by atoms with Crippen molar-refractivity contribution in [3.63, 3.8) is 0 Å². The van der Waals surface area contributed by atoms with Crippen LogP contribution in [0.2, 0.25) is 5.02 Å². The second-order valence-electron chi connectivity index (χ2n) is 4.01. The Morgan fingerprint density at radius 3 is 2.55 bits per heavy atom. The fraction of sp³-hybridized carbons (Fsp3) is 0.231. The molecule has 0 atom stereocenters. The van der Waals surface area contributed by atoms with Crippen LogP contribution in [0.5, 0.6) is 11.5 Å². The number of aromatic nitrogens is 2. The lowest BCUT2D eigenvalue weighted by molar-refractivity contribution is 0.355. The Bertz CT molecular complexity index is 715. The van der Waals surface area contributed by atoms with E-state index in [0.717, 1.165) is 0 Å². The zero-order valence-corrected chi connectivity index (χ0v) is 14.0. The average molecular weight is 407 g/mol. The summed E-state index contributed by atoms with van der Waals surface area (Å²) in [6.45, 7) is 1.78. The number of aryl methyl sites for hydroxylation is 1. The highest BCUT2D eigenvalue weighted by Gasteiger charge is 2.14. The van der Waals surface area contributed by atoms with Gasteiger partial charge in [-0.1, -0.05) is 11.6 Å². The van der Waals surface area contributed by atoms with Gasteiger partial charge < -0.3 is 14.5 Å². The summed E-state index contributed by atoms with van der Waals surface area (Å²) >= 11 is 8.11. The molecule has 2 rings (SSSR count). The number of methoxy groups -OCH3 is 2. The minimum absolute atomic E-state index is 0.181. The van der Waals surface area contributed by atoms with Gasteiger partial charge in [-0.25, -0.2) is 4.98 Å². The van der Waals surface area contributed by atoms with E-state index in [1.54, 1.807) is 19.1 Å². The van der Waals surface area contributed by atoms with Gasteiger partial charge in [0.15, 0.2) is 11.5 Å². The first kappa shape index (κ1) is 15.1. The van der Waals surface area contributed by atoms with Crippen LogP contribution < -0.4 is 15.0 Å². The SMILES string of the molecule is COc1cc(-c2nc(C)c(I)c(=O)[nH]2)cc(Cl)c1OC. The summed E-state index contributed by atoms with van der Waals surface area (Å²) in [5, 5.41) is 0.390. The fourth-order valence-electron chi connectivity index (χ4n) is 1.76. The minimum atomic E-state index is -0.181. The van der Waals surface area contributed by atoms with Crippen LogP contribution in [0, 0.1) is 10.5 Å². The van der Waals surface area contributed by atoms with Crippen molar-refractivity contribution in [3.8, 4) is 22.9 Å². The van der Waals surface area contributed by atoms with Crippen molar-refractivity contribution in [1.29, 1.82) is 0 Å². The molecule has 1 N–H and O–H groups in total. The maximum absolute atomic E-state index is 11.8. The third-order valence-electron chi connectivity index (χ3n) is 2.74. The Morgan fingerprint density at radius 1 is 1.30 bits per heavy atom. The first-order valence-electron chi connectivity index (χ1n) is 5.66. The summed E-state index contributed by atoms with van der Waals surface area (Å²) in [7, 11) is 3.03. The van der Waals surface area contributed by atoms with Crippen LogP contribution in [0.25, 0.3) is 11.4 Å². The number of ether oxygens (including phenoxy) is 2. The minimum Gasteiger partial charge on any atom is -0.493 e. The van der Waals surface area contributed by atoms with Gasteiger partial charge in [0, 0.05) is 5.56 Å². The second-order valence-corrected chi connectivity index (χ2v) is 5.49. The topological polar surface area (TPSA) is 64.2 Å². The molecular weight excluding hydrogens is 395 g/mol. The third kappa shape index (κ3) is 2.76. The van der Waals surface area contributed by atoms with Gasteiger partial charge in [0.2, 0.25) is 0 Å². The Morgan fingerprint density at radius 2 is 2.00 bits per heavy atom. The highest BCUT2D eigenvalue weighted by atomic mass is 127. The first-order chi connectivity index (χ1) is 9.47. The van der Waals surface area contributed by atoms with Gasteiger partial charge in [0.1, 0.15) is 5.82 Å². The summed E-state index contributed by atoms with van der Waals surface area (Å²) in [6, 6.07) is 3.39. The van der Waals surface area contributed by atoms with Crippen LogP contribution in [0.3, 0.4) is 0 Å². The molecule has 1 aromatic heterocycles. The molecule has 1 aromatic carbocycles. The molecule has 2 aromatic rings. The number of H-pyrrole nitrogens is 1. The van der Waals surface area contributed by atoms with Crippen molar-refractivity contribution in [2.75, 3.05) is 14.2 Å². The number of nitrogens with one attached hydrogen (secondary N) is 1. The molecule has 7 heteroatoms. The number of hydrogen-bond acceptors (Lipinski definition) is 4. The van der Waals surface area contributed by atoms with E-state index in [4.69, 9.17) is 21.1 Å². The lowest BCUT2D eigenvalue weighted by atomic mass is 10.2. The molecule has 0 aliphatic heterocycles. The van der Waals surface area contributed by atoms with Gasteiger partial charge >= 0.3 is 0 Å². The van der Waals surface area contributed by atoms with Crippen molar-refractivity contribution in [2.24, 2.45) is 0 Å². The third-order valence-corrected chi connectivity index (χ3v) is 4.29. The molecule has 0 radical (unpaired) electrons. The molecule has 0 aliphatic carbocycles. The average Bonchev–Trinajstić information content (AvgIpc) is 2.43. The fourth-order valence-corrected chi connectivity index (χ4v) is 2.31. The Balaban J connectivity index is 2.65. The van der Waals surface area contributed by atoms with E-state index in [0.29, 0.717) is 37.2 Å². The predicted octanol–water partition coefficient (Wildman–Crippen LogP) is 3.02. The van der Waals surface area contributed by atoms with Crippen LogP contribution in [0.1, 0.15) is 5.69 Å². The summed E-state index contributed by atoms with van der Waals surface area (Å²) in [5.74, 6) is 1.37. The van der Waals surface area contributed by atoms with Crippen molar-refractivity contribution < 1.29 is 9.47 Å². The lowest BCUT2D eigenvalue weighted by Crippen LogP contribution is -2.14. The summed E-state index contributed by atoms with van der Waals surface area (Å²) in [4.78, 5) is 18.9. The van der Waals surface area contributed by atoms with Crippen molar-refractivity contribution >= 4 is 34.2 Å². The predicted molar refractivity (Wildman–Crippen MR) is 85.9 cm³/mol. The van der Waals surface area contributed by atoms with Crippen LogP contribution in [0.4, 0.5) is 0 Å². The molecule has 0 amide bonds. The molecule has 1 heterocycles. The highest BCUT2D eigenvalue weighted by Crippen LogP contribution is 2.38. The number of benzene rings is 1. The second kappa shape index (κ2) is 6.01. The van der Waals surface area contributed by atoms with E-state index in [1.165, 1.54) is 14.2 Å². The number of halogens is 2. The molecule has 0 spiro atoms. The molecule has 0 saturated heterocycles. The monoisotopic (exact) mass is 406 g/mol. The summed E-state index contributed by atoms with van der Waals surface area (Å²) < 4.78 is 11.0. The number of rotatable bonds is 3. The molecule has 0 bridgehead atoms. The van der Waals surface area contributed by atoms with Gasteiger partial charge in [-0.2, -0.15) is 0 Å². The smallest absolute Gasteiger partial charge is 0.264 e.